The predicted octanol–water partition coefficient (Wildman–Crippen LogP) is 5.39. The smallest absolute Gasteiger partial charge is 0.336 e. The van der Waals surface area contributed by atoms with Crippen LogP contribution in [0, 0.1) is 0 Å². The van der Waals surface area contributed by atoms with E-state index in [1.807, 2.05) is 49.4 Å². The summed E-state index contributed by atoms with van der Waals surface area (Å²) in [4.78, 5) is 26.6. The van der Waals surface area contributed by atoms with Gasteiger partial charge in [-0.2, -0.15) is 0 Å². The number of hydrogen-bond donors (Lipinski definition) is 1. The molecule has 1 aliphatic heterocycles. The molecule has 0 aromatic heterocycles. The van der Waals surface area contributed by atoms with E-state index in [0.717, 1.165) is 21.3 Å². The van der Waals surface area contributed by atoms with Crippen molar-refractivity contribution >= 4 is 27.7 Å². The second kappa shape index (κ2) is 10.1. The number of esters is 1. The summed E-state index contributed by atoms with van der Waals surface area (Å²) in [5.74, 6) is 0.408. The fourth-order valence-electron chi connectivity index (χ4n) is 4.88. The number of rotatable bonds is 6. The van der Waals surface area contributed by atoms with Crippen LogP contribution in [-0.2, 0) is 14.3 Å². The van der Waals surface area contributed by atoms with Crippen molar-refractivity contribution in [2.45, 2.75) is 38.5 Å². The molecule has 1 aliphatic carbocycles. The number of dihydropyridines is 1. The van der Waals surface area contributed by atoms with Gasteiger partial charge in [0, 0.05) is 33.8 Å². The molecule has 6 nitrogen and oxygen atoms in total. The SMILES string of the molecule is CCOC(=O)C1=C(C)NC2=C(C(=O)C[C@H](c3ccc(OC)c(OC)c3)C2)[C@H]1c1cccc(Br)c1. The Morgan fingerprint density at radius 1 is 1.06 bits per heavy atom. The van der Waals surface area contributed by atoms with Crippen LogP contribution in [0.5, 0.6) is 11.5 Å². The van der Waals surface area contributed by atoms with E-state index in [1.54, 1.807) is 21.1 Å². The standard InChI is InChI=1S/C27H28BrNO5/c1-5-34-27(31)24-15(2)29-20-12-18(16-9-10-22(32-3)23(14-16)33-4)13-21(30)26(20)25(24)17-7-6-8-19(28)11-17/h6-11,14,18,25,29H,5,12-13H2,1-4H3/t18-,25+/m1/s1. The number of hydrogen-bond acceptors (Lipinski definition) is 6. The van der Waals surface area contributed by atoms with Gasteiger partial charge in [0.15, 0.2) is 17.3 Å². The lowest BCUT2D eigenvalue weighted by Crippen LogP contribution is -2.36. The molecular formula is C27H28BrNO5. The van der Waals surface area contributed by atoms with Gasteiger partial charge in [0.05, 0.1) is 26.4 Å². The summed E-state index contributed by atoms with van der Waals surface area (Å²) in [5.41, 5.74) is 4.58. The fourth-order valence-corrected chi connectivity index (χ4v) is 5.30. The highest BCUT2D eigenvalue weighted by molar-refractivity contribution is 9.10. The van der Waals surface area contributed by atoms with Crippen molar-refractivity contribution in [2.75, 3.05) is 20.8 Å². The van der Waals surface area contributed by atoms with Crippen LogP contribution in [0.25, 0.3) is 0 Å². The zero-order chi connectivity index (χ0) is 24.4. The predicted molar refractivity (Wildman–Crippen MR) is 133 cm³/mol. The van der Waals surface area contributed by atoms with Gasteiger partial charge in [-0.15, -0.1) is 0 Å². The van der Waals surface area contributed by atoms with Gasteiger partial charge in [-0.25, -0.2) is 4.79 Å². The van der Waals surface area contributed by atoms with Crippen LogP contribution >= 0.6 is 15.9 Å². The summed E-state index contributed by atoms with van der Waals surface area (Å²) in [7, 11) is 3.20. The minimum absolute atomic E-state index is 0.0151. The fraction of sp³-hybridized carbons (Fsp3) is 0.333. The molecular weight excluding hydrogens is 498 g/mol. The normalized spacial score (nSPS) is 20.0. The van der Waals surface area contributed by atoms with Gasteiger partial charge in [-0.05, 0) is 61.6 Å². The lowest BCUT2D eigenvalue weighted by atomic mass is 9.71. The minimum atomic E-state index is -0.480. The molecule has 178 valence electrons. The first kappa shape index (κ1) is 24.1. The first-order chi connectivity index (χ1) is 16.4. The number of allylic oxidation sites excluding steroid dienone is 3. The van der Waals surface area contributed by atoms with Crippen molar-refractivity contribution in [1.82, 2.24) is 5.32 Å². The molecule has 1 N–H and O–H groups in total. The summed E-state index contributed by atoms with van der Waals surface area (Å²) >= 11 is 3.53. The van der Waals surface area contributed by atoms with Crippen LogP contribution in [0.4, 0.5) is 0 Å². The molecule has 2 aromatic rings. The van der Waals surface area contributed by atoms with Crippen LogP contribution in [-0.4, -0.2) is 32.6 Å². The van der Waals surface area contributed by atoms with Gasteiger partial charge in [-0.3, -0.25) is 4.79 Å². The highest BCUT2D eigenvalue weighted by Crippen LogP contribution is 2.46. The number of nitrogens with one attached hydrogen (secondary N) is 1. The second-order valence-corrected chi connectivity index (χ2v) is 9.32. The molecule has 0 amide bonds. The zero-order valence-electron chi connectivity index (χ0n) is 19.7. The van der Waals surface area contributed by atoms with Gasteiger partial charge in [0.1, 0.15) is 0 Å². The van der Waals surface area contributed by atoms with Crippen molar-refractivity contribution < 1.29 is 23.8 Å². The van der Waals surface area contributed by atoms with E-state index in [-0.39, 0.29) is 18.3 Å². The highest BCUT2D eigenvalue weighted by Gasteiger charge is 2.41. The minimum Gasteiger partial charge on any atom is -0.493 e. The summed E-state index contributed by atoms with van der Waals surface area (Å²) in [6.45, 7) is 3.91. The Morgan fingerprint density at radius 3 is 2.50 bits per heavy atom. The molecule has 0 unspecified atom stereocenters. The molecule has 34 heavy (non-hydrogen) atoms. The third-order valence-corrected chi connectivity index (χ3v) is 6.88. The number of carbonyl (C=O) groups is 2. The Kier molecular flexibility index (Phi) is 7.12. The summed E-state index contributed by atoms with van der Waals surface area (Å²) in [5, 5.41) is 3.37. The average molecular weight is 526 g/mol. The molecule has 0 saturated heterocycles. The quantitative estimate of drug-likeness (QED) is 0.509. The van der Waals surface area contributed by atoms with E-state index in [0.29, 0.717) is 41.2 Å². The lowest BCUT2D eigenvalue weighted by Gasteiger charge is -2.36. The van der Waals surface area contributed by atoms with Crippen molar-refractivity contribution in [1.29, 1.82) is 0 Å². The number of ether oxygens (including phenoxy) is 3. The number of methoxy groups -OCH3 is 2. The van der Waals surface area contributed by atoms with Crippen LogP contribution in [0.2, 0.25) is 0 Å². The number of ketones is 1. The van der Waals surface area contributed by atoms with E-state index in [1.165, 1.54) is 0 Å². The van der Waals surface area contributed by atoms with Gasteiger partial charge >= 0.3 is 5.97 Å². The Bertz CT molecular complexity index is 1200. The molecule has 0 bridgehead atoms. The molecule has 2 aromatic carbocycles. The third kappa shape index (κ3) is 4.49. The molecule has 1 heterocycles. The maximum atomic E-state index is 13.7. The van der Waals surface area contributed by atoms with E-state index in [9.17, 15) is 9.59 Å². The van der Waals surface area contributed by atoms with Gasteiger partial charge in [0.25, 0.3) is 0 Å². The lowest BCUT2D eigenvalue weighted by molar-refractivity contribution is -0.138. The Morgan fingerprint density at radius 2 is 1.82 bits per heavy atom. The van der Waals surface area contributed by atoms with E-state index in [2.05, 4.69) is 21.2 Å². The molecule has 2 aliphatic rings. The number of benzene rings is 2. The van der Waals surface area contributed by atoms with Gasteiger partial charge in [0.2, 0.25) is 0 Å². The molecule has 2 atom stereocenters. The van der Waals surface area contributed by atoms with Gasteiger partial charge < -0.3 is 19.5 Å². The monoisotopic (exact) mass is 525 g/mol. The largest absolute Gasteiger partial charge is 0.493 e. The Hall–Kier alpha value is -3.06. The van der Waals surface area contributed by atoms with Crippen LogP contribution < -0.4 is 14.8 Å². The van der Waals surface area contributed by atoms with Crippen LogP contribution in [0.3, 0.4) is 0 Å². The van der Waals surface area contributed by atoms with Gasteiger partial charge in [-0.1, -0.05) is 34.1 Å². The van der Waals surface area contributed by atoms with Crippen molar-refractivity contribution in [2.24, 2.45) is 0 Å². The number of Topliss-reactive ketones (excluding diaryl/α,β-unsaturated/α-hetero) is 1. The van der Waals surface area contributed by atoms with Crippen LogP contribution in [0.1, 0.15) is 49.7 Å². The number of halogens is 1. The molecule has 0 saturated carbocycles. The molecule has 0 spiro atoms. The Balaban J connectivity index is 1.78. The van der Waals surface area contributed by atoms with E-state index in [4.69, 9.17) is 14.2 Å². The van der Waals surface area contributed by atoms with E-state index < -0.39 is 11.9 Å². The summed E-state index contributed by atoms with van der Waals surface area (Å²) in [6.07, 6.45) is 0.990. The first-order valence-corrected chi connectivity index (χ1v) is 12.1. The molecule has 0 fully saturated rings. The zero-order valence-corrected chi connectivity index (χ0v) is 21.3. The maximum Gasteiger partial charge on any atom is 0.336 e. The number of carbonyl (C=O) groups excluding carboxylic acids is 2. The van der Waals surface area contributed by atoms with Crippen LogP contribution in [0.15, 0.2) is 69.5 Å². The van der Waals surface area contributed by atoms with Crippen molar-refractivity contribution in [3.05, 3.63) is 80.6 Å². The molecule has 7 heteroatoms. The maximum absolute atomic E-state index is 13.7. The molecule has 4 rings (SSSR count). The average Bonchev–Trinajstić information content (AvgIpc) is 2.82. The van der Waals surface area contributed by atoms with Crippen molar-refractivity contribution in [3.63, 3.8) is 0 Å². The van der Waals surface area contributed by atoms with Crippen molar-refractivity contribution in [3.8, 4) is 11.5 Å². The highest BCUT2D eigenvalue weighted by atomic mass is 79.9. The Labute approximate surface area is 208 Å². The summed E-state index contributed by atoms with van der Waals surface area (Å²) < 4.78 is 17.1. The first-order valence-electron chi connectivity index (χ1n) is 11.3. The second-order valence-electron chi connectivity index (χ2n) is 8.41. The van der Waals surface area contributed by atoms with E-state index >= 15 is 0 Å². The topological polar surface area (TPSA) is 73.9 Å². The molecule has 0 radical (unpaired) electrons. The summed E-state index contributed by atoms with van der Waals surface area (Å²) in [6, 6.07) is 13.5. The third-order valence-electron chi connectivity index (χ3n) is 6.38.